The summed E-state index contributed by atoms with van der Waals surface area (Å²) in [4.78, 5) is 38.2. The Hall–Kier alpha value is -3.21. The zero-order valence-electron chi connectivity index (χ0n) is 20.5. The third-order valence-electron chi connectivity index (χ3n) is 6.22. The average Bonchev–Trinajstić information content (AvgIpc) is 3.38. The minimum absolute atomic E-state index is 0.0301. The number of carbonyl (C=O) groups is 2. The van der Waals surface area contributed by atoms with Gasteiger partial charge in [0.15, 0.2) is 16.7 Å². The van der Waals surface area contributed by atoms with Crippen LogP contribution in [0, 0.1) is 0 Å². The highest BCUT2D eigenvalue weighted by Crippen LogP contribution is 2.32. The molecule has 5 rings (SSSR count). The Kier molecular flexibility index (Phi) is 8.11. The van der Waals surface area contributed by atoms with Crippen LogP contribution in [0.25, 0.3) is 0 Å². The fraction of sp³-hybridized carbons (Fsp3) is 0.308. The van der Waals surface area contributed by atoms with Gasteiger partial charge in [-0.25, -0.2) is 9.97 Å². The second-order valence-corrected chi connectivity index (χ2v) is 10.7. The van der Waals surface area contributed by atoms with Crippen LogP contribution >= 0.6 is 35.0 Å². The molecule has 198 valence electrons. The van der Waals surface area contributed by atoms with Crippen molar-refractivity contribution in [3.05, 3.63) is 69.8 Å². The lowest BCUT2D eigenvalue weighted by Crippen LogP contribution is -2.54. The van der Waals surface area contributed by atoms with E-state index in [1.54, 1.807) is 30.3 Å². The maximum Gasteiger partial charge on any atom is 0.254 e. The molecule has 2 aliphatic rings. The van der Waals surface area contributed by atoms with Crippen molar-refractivity contribution in [1.82, 2.24) is 20.2 Å². The molecule has 3 heterocycles. The van der Waals surface area contributed by atoms with Crippen molar-refractivity contribution in [1.29, 1.82) is 0 Å². The molecule has 0 spiro atoms. The Balaban J connectivity index is 1.15. The molecule has 1 N–H and O–H groups in total. The summed E-state index contributed by atoms with van der Waals surface area (Å²) in [5.41, 5.74) is 1.52. The van der Waals surface area contributed by atoms with Gasteiger partial charge in [-0.05, 0) is 48.9 Å². The van der Waals surface area contributed by atoms with Gasteiger partial charge in [0.2, 0.25) is 12.7 Å². The van der Waals surface area contributed by atoms with E-state index >= 15 is 0 Å². The first kappa shape index (κ1) is 26.4. The topological polar surface area (TPSA) is 96.9 Å². The van der Waals surface area contributed by atoms with Gasteiger partial charge in [-0.2, -0.15) is 0 Å². The number of benzene rings is 2. The Morgan fingerprint density at radius 2 is 1.84 bits per heavy atom. The molecule has 2 amide bonds. The number of thioether (sulfide) groups is 1. The van der Waals surface area contributed by atoms with Crippen molar-refractivity contribution < 1.29 is 19.1 Å². The predicted molar refractivity (Wildman–Crippen MR) is 146 cm³/mol. The van der Waals surface area contributed by atoms with E-state index in [1.165, 1.54) is 11.8 Å². The molecule has 0 bridgehead atoms. The van der Waals surface area contributed by atoms with E-state index < -0.39 is 0 Å². The Morgan fingerprint density at radius 3 is 2.63 bits per heavy atom. The van der Waals surface area contributed by atoms with Gasteiger partial charge in [0.05, 0.1) is 5.75 Å². The van der Waals surface area contributed by atoms with Crippen molar-refractivity contribution in [2.75, 3.05) is 37.1 Å². The zero-order chi connectivity index (χ0) is 26.6. The molecule has 0 radical (unpaired) electrons. The molecule has 0 saturated carbocycles. The number of nitrogens with one attached hydrogen (secondary N) is 1. The minimum atomic E-state index is -0.152. The van der Waals surface area contributed by atoms with Crippen LogP contribution in [-0.2, 0) is 11.3 Å². The molecule has 1 aromatic heterocycles. The van der Waals surface area contributed by atoms with Crippen LogP contribution in [0.15, 0.2) is 53.7 Å². The van der Waals surface area contributed by atoms with Gasteiger partial charge in [-0.15, -0.1) is 0 Å². The lowest BCUT2D eigenvalue weighted by atomic mass is 10.1. The summed E-state index contributed by atoms with van der Waals surface area (Å²) in [6.45, 7) is 4.30. The average molecular weight is 574 g/mol. The van der Waals surface area contributed by atoms with E-state index in [1.807, 2.05) is 30.0 Å². The molecule has 3 aromatic rings. The summed E-state index contributed by atoms with van der Waals surface area (Å²) in [7, 11) is 0. The van der Waals surface area contributed by atoms with Gasteiger partial charge in [0, 0.05) is 48.9 Å². The molecule has 1 atom stereocenters. The number of nitrogens with zero attached hydrogens (tertiary/aromatic N) is 4. The first-order valence-corrected chi connectivity index (χ1v) is 13.7. The highest BCUT2D eigenvalue weighted by atomic mass is 35.5. The van der Waals surface area contributed by atoms with Gasteiger partial charge in [0.25, 0.3) is 5.91 Å². The largest absolute Gasteiger partial charge is 0.454 e. The number of hydrogen-bond acceptors (Lipinski definition) is 8. The molecule has 9 nitrogen and oxygen atoms in total. The van der Waals surface area contributed by atoms with E-state index in [9.17, 15) is 9.59 Å². The Bertz CT molecular complexity index is 1340. The molecule has 0 aliphatic carbocycles. The second-order valence-electron chi connectivity index (χ2n) is 8.88. The summed E-state index contributed by atoms with van der Waals surface area (Å²) >= 11 is 13.5. The smallest absolute Gasteiger partial charge is 0.254 e. The molecule has 1 fully saturated rings. The van der Waals surface area contributed by atoms with Gasteiger partial charge in [-0.3, -0.25) is 9.59 Å². The van der Waals surface area contributed by atoms with Crippen LogP contribution in [0.5, 0.6) is 11.5 Å². The quantitative estimate of drug-likeness (QED) is 0.254. The predicted octanol–water partition coefficient (Wildman–Crippen LogP) is 4.27. The number of amides is 2. The maximum atomic E-state index is 13.0. The minimum Gasteiger partial charge on any atom is -0.454 e. The summed E-state index contributed by atoms with van der Waals surface area (Å²) in [5.74, 6) is 2.00. The van der Waals surface area contributed by atoms with Gasteiger partial charge >= 0.3 is 0 Å². The van der Waals surface area contributed by atoms with Crippen molar-refractivity contribution in [3.8, 4) is 11.5 Å². The third kappa shape index (κ3) is 6.25. The summed E-state index contributed by atoms with van der Waals surface area (Å²) in [6.07, 6.45) is 0. The molecule has 2 aromatic carbocycles. The van der Waals surface area contributed by atoms with Crippen molar-refractivity contribution in [2.24, 2.45) is 0 Å². The Morgan fingerprint density at radius 1 is 1.05 bits per heavy atom. The summed E-state index contributed by atoms with van der Waals surface area (Å²) in [6, 6.07) is 14.1. The van der Waals surface area contributed by atoms with Crippen molar-refractivity contribution in [3.63, 3.8) is 0 Å². The van der Waals surface area contributed by atoms with Crippen LogP contribution in [0.3, 0.4) is 0 Å². The highest BCUT2D eigenvalue weighted by Gasteiger charge is 2.29. The van der Waals surface area contributed by atoms with Crippen LogP contribution in [0.4, 0.5) is 5.82 Å². The van der Waals surface area contributed by atoms with Crippen LogP contribution in [0.2, 0.25) is 10.2 Å². The number of fused-ring (bicyclic) bond motifs is 1. The van der Waals surface area contributed by atoms with Crippen molar-refractivity contribution >= 4 is 52.6 Å². The molecule has 12 heteroatoms. The molecular formula is C26H25Cl2N5O4S. The van der Waals surface area contributed by atoms with E-state index in [0.29, 0.717) is 64.4 Å². The summed E-state index contributed by atoms with van der Waals surface area (Å²) in [5, 5.41) is 4.20. The number of aromatic nitrogens is 2. The van der Waals surface area contributed by atoms with E-state index in [4.69, 9.17) is 32.7 Å². The van der Waals surface area contributed by atoms with E-state index in [0.717, 1.165) is 5.56 Å². The molecule has 38 heavy (non-hydrogen) atoms. The molecule has 1 saturated heterocycles. The van der Waals surface area contributed by atoms with Crippen LogP contribution in [0.1, 0.15) is 22.8 Å². The Labute approximate surface area is 234 Å². The van der Waals surface area contributed by atoms with E-state index in [2.05, 4.69) is 20.2 Å². The van der Waals surface area contributed by atoms with Gasteiger partial charge in [0.1, 0.15) is 11.0 Å². The highest BCUT2D eigenvalue weighted by molar-refractivity contribution is 7.99. The first-order valence-electron chi connectivity index (χ1n) is 12.0. The molecule has 1 unspecified atom stereocenters. The van der Waals surface area contributed by atoms with Gasteiger partial charge in [-0.1, -0.05) is 41.0 Å². The molecular weight excluding hydrogens is 549 g/mol. The van der Waals surface area contributed by atoms with Crippen LogP contribution in [-0.4, -0.2) is 64.9 Å². The number of hydrogen-bond donors (Lipinski definition) is 1. The number of piperazine rings is 1. The van der Waals surface area contributed by atoms with Crippen molar-refractivity contribution in [2.45, 2.75) is 24.7 Å². The monoisotopic (exact) mass is 573 g/mol. The molecule has 2 aliphatic heterocycles. The number of carbonyl (C=O) groups excluding carboxylic acids is 2. The standard InChI is InChI=1S/C26H25Cl2N5O4S/c1-16-13-32(8-9-33(16)25(35)18-3-5-19(27)6-4-18)23-11-22(28)30-26(31-23)38-14-24(34)29-12-17-2-7-20-21(10-17)37-15-36-20/h2-7,10-11,16H,8-9,12-15H2,1H3,(H,29,34). The normalized spacial score (nSPS) is 16.4. The number of halogens is 2. The second kappa shape index (κ2) is 11.7. The fourth-order valence-corrected chi connectivity index (χ4v) is 5.31. The fourth-order valence-electron chi connectivity index (χ4n) is 4.27. The summed E-state index contributed by atoms with van der Waals surface area (Å²) < 4.78 is 10.7. The maximum absolute atomic E-state index is 13.0. The first-order chi connectivity index (χ1) is 18.4. The number of ether oxygens (including phenoxy) is 2. The lowest BCUT2D eigenvalue weighted by molar-refractivity contribution is -0.118. The van der Waals surface area contributed by atoms with E-state index in [-0.39, 0.29) is 30.4 Å². The number of rotatable bonds is 7. The SMILES string of the molecule is CC1CN(c2cc(Cl)nc(SCC(=O)NCc3ccc4c(c3)OCO4)n2)CCN1C(=O)c1ccc(Cl)cc1. The third-order valence-corrected chi connectivity index (χ3v) is 7.52. The zero-order valence-corrected chi connectivity index (χ0v) is 22.9. The van der Waals surface area contributed by atoms with Gasteiger partial charge < -0.3 is 24.6 Å². The number of anilines is 1. The van der Waals surface area contributed by atoms with Crippen LogP contribution < -0.4 is 19.7 Å². The lowest BCUT2D eigenvalue weighted by Gasteiger charge is -2.40.